The number of halogens is 2. The van der Waals surface area contributed by atoms with Crippen molar-refractivity contribution >= 4 is 5.91 Å². The number of nitrogens with zero attached hydrogens (tertiary/aromatic N) is 1. The van der Waals surface area contributed by atoms with Crippen LogP contribution in [-0.2, 0) is 14.4 Å². The highest BCUT2D eigenvalue weighted by Crippen LogP contribution is 2.07. The second kappa shape index (κ2) is 5.87. The zero-order chi connectivity index (χ0) is 10.4. The fourth-order valence-corrected chi connectivity index (χ4v) is 1.18. The largest absolute Gasteiger partial charge is 0.345 e. The van der Waals surface area contributed by atoms with Gasteiger partial charge in [-0.3, -0.25) is 9.63 Å². The molecule has 0 radical (unpaired) electrons. The highest BCUT2D eigenvalue weighted by molar-refractivity contribution is 5.76. The number of ether oxygens (including phenoxy) is 1. The lowest BCUT2D eigenvalue weighted by Crippen LogP contribution is -2.34. The van der Waals surface area contributed by atoms with Crippen LogP contribution in [0.5, 0.6) is 0 Å². The Bertz CT molecular complexity index is 181. The smallest absolute Gasteiger partial charge is 0.313 e. The van der Waals surface area contributed by atoms with Crippen LogP contribution < -0.4 is 0 Å². The van der Waals surface area contributed by atoms with Crippen molar-refractivity contribution in [2.24, 2.45) is 0 Å². The quantitative estimate of drug-likeness (QED) is 0.700. The van der Waals surface area contributed by atoms with Gasteiger partial charge >= 0.3 is 6.61 Å². The van der Waals surface area contributed by atoms with E-state index in [4.69, 9.17) is 4.84 Å². The first kappa shape index (κ1) is 11.3. The predicted octanol–water partition coefficient (Wildman–Crippen LogP) is 1.17. The minimum Gasteiger partial charge on any atom is -0.313 e. The summed E-state index contributed by atoms with van der Waals surface area (Å²) < 4.78 is 27.1. The number of hydrogen-bond acceptors (Lipinski definition) is 3. The number of carbonyl (C=O) groups excluding carboxylic acids is 1. The van der Waals surface area contributed by atoms with Gasteiger partial charge in [-0.05, 0) is 19.3 Å². The number of hydrogen-bond donors (Lipinski definition) is 0. The van der Waals surface area contributed by atoms with Gasteiger partial charge in [0.1, 0.15) is 6.61 Å². The number of hydroxylamine groups is 2. The van der Waals surface area contributed by atoms with Crippen molar-refractivity contribution in [3.63, 3.8) is 0 Å². The molecule has 6 heteroatoms. The van der Waals surface area contributed by atoms with E-state index in [1.807, 2.05) is 0 Å². The summed E-state index contributed by atoms with van der Waals surface area (Å²) in [6.07, 6.45) is 2.71. The van der Waals surface area contributed by atoms with Crippen molar-refractivity contribution in [1.82, 2.24) is 5.06 Å². The monoisotopic (exact) mass is 209 g/mol. The molecule has 0 atom stereocenters. The maximum Gasteiger partial charge on any atom is 0.345 e. The van der Waals surface area contributed by atoms with Gasteiger partial charge in [0.05, 0.1) is 6.61 Å². The van der Waals surface area contributed by atoms with Gasteiger partial charge < -0.3 is 4.74 Å². The number of carbonyl (C=O) groups is 1. The Morgan fingerprint density at radius 3 is 2.93 bits per heavy atom. The molecule has 1 fully saturated rings. The fourth-order valence-electron chi connectivity index (χ4n) is 1.18. The van der Waals surface area contributed by atoms with Gasteiger partial charge in [-0.2, -0.15) is 8.78 Å². The molecule has 1 aliphatic heterocycles. The van der Waals surface area contributed by atoms with E-state index < -0.39 is 19.1 Å². The molecule has 0 aromatic carbocycles. The van der Waals surface area contributed by atoms with Crippen LogP contribution >= 0.6 is 0 Å². The van der Waals surface area contributed by atoms with Crippen molar-refractivity contribution in [2.45, 2.75) is 25.9 Å². The van der Waals surface area contributed by atoms with Crippen LogP contribution in [0.25, 0.3) is 0 Å². The predicted molar refractivity (Wildman–Crippen MR) is 43.5 cm³/mol. The van der Waals surface area contributed by atoms with Crippen LogP contribution in [0.4, 0.5) is 8.78 Å². The maximum absolute atomic E-state index is 11.6. The highest BCUT2D eigenvalue weighted by atomic mass is 19.3. The Morgan fingerprint density at radius 2 is 2.21 bits per heavy atom. The van der Waals surface area contributed by atoms with Crippen molar-refractivity contribution in [3.05, 3.63) is 0 Å². The first-order valence-electron chi connectivity index (χ1n) is 4.53. The molecule has 0 N–H and O–H groups in total. The van der Waals surface area contributed by atoms with E-state index in [0.717, 1.165) is 24.3 Å². The molecule has 0 aromatic heterocycles. The van der Waals surface area contributed by atoms with E-state index in [-0.39, 0.29) is 0 Å². The number of rotatable bonds is 3. The van der Waals surface area contributed by atoms with Gasteiger partial charge in [-0.15, -0.1) is 0 Å². The Kier molecular flexibility index (Phi) is 4.75. The van der Waals surface area contributed by atoms with Crippen molar-refractivity contribution < 1.29 is 23.1 Å². The molecule has 0 aliphatic carbocycles. The molecule has 0 unspecified atom stereocenters. The first-order valence-corrected chi connectivity index (χ1v) is 4.53. The number of amides is 1. The molecular weight excluding hydrogens is 196 g/mol. The van der Waals surface area contributed by atoms with Crippen LogP contribution in [0, 0.1) is 0 Å². The summed E-state index contributed by atoms with van der Waals surface area (Å²) in [6, 6.07) is 0. The topological polar surface area (TPSA) is 38.8 Å². The third kappa shape index (κ3) is 3.97. The zero-order valence-electron chi connectivity index (χ0n) is 7.75. The lowest BCUT2D eigenvalue weighted by atomic mass is 10.2. The van der Waals surface area contributed by atoms with Crippen LogP contribution in [0.2, 0.25) is 0 Å². The lowest BCUT2D eigenvalue weighted by Gasteiger charge is -2.18. The van der Waals surface area contributed by atoms with E-state index in [1.165, 1.54) is 0 Å². The summed E-state index contributed by atoms with van der Waals surface area (Å²) in [5.74, 6) is -0.549. The molecule has 0 bridgehead atoms. The normalized spacial score (nSPS) is 18.4. The zero-order valence-corrected chi connectivity index (χ0v) is 7.75. The molecule has 1 rings (SSSR count). The Hall–Kier alpha value is -0.750. The van der Waals surface area contributed by atoms with Gasteiger partial charge in [0.15, 0.2) is 0 Å². The molecule has 1 saturated heterocycles. The summed E-state index contributed by atoms with van der Waals surface area (Å²) >= 11 is 0. The summed E-state index contributed by atoms with van der Waals surface area (Å²) in [5, 5.41) is 1.11. The van der Waals surface area contributed by atoms with E-state index in [1.54, 1.807) is 0 Å². The Morgan fingerprint density at radius 1 is 1.43 bits per heavy atom. The van der Waals surface area contributed by atoms with Crippen molar-refractivity contribution in [2.75, 3.05) is 19.8 Å². The molecule has 1 heterocycles. The van der Waals surface area contributed by atoms with Crippen LogP contribution in [0.3, 0.4) is 0 Å². The molecule has 1 amide bonds. The highest BCUT2D eigenvalue weighted by Gasteiger charge is 2.18. The first-order chi connectivity index (χ1) is 6.70. The molecule has 4 nitrogen and oxygen atoms in total. The summed E-state index contributed by atoms with van der Waals surface area (Å²) in [4.78, 5) is 16.3. The van der Waals surface area contributed by atoms with Gasteiger partial charge in [0, 0.05) is 6.54 Å². The van der Waals surface area contributed by atoms with E-state index >= 15 is 0 Å². The minimum absolute atomic E-state index is 0.450. The summed E-state index contributed by atoms with van der Waals surface area (Å²) in [7, 11) is 0. The van der Waals surface area contributed by atoms with E-state index in [9.17, 15) is 13.6 Å². The molecule has 14 heavy (non-hydrogen) atoms. The Labute approximate surface area is 80.7 Å². The van der Waals surface area contributed by atoms with Crippen molar-refractivity contribution in [1.29, 1.82) is 0 Å². The lowest BCUT2D eigenvalue weighted by molar-refractivity contribution is -0.199. The maximum atomic E-state index is 11.6. The summed E-state index contributed by atoms with van der Waals surface area (Å²) in [5.41, 5.74) is 0. The second-order valence-electron chi connectivity index (χ2n) is 2.96. The molecule has 0 spiro atoms. The third-order valence-corrected chi connectivity index (χ3v) is 1.86. The van der Waals surface area contributed by atoms with Gasteiger partial charge in [-0.1, -0.05) is 0 Å². The summed E-state index contributed by atoms with van der Waals surface area (Å²) in [6.45, 7) is -2.63. The van der Waals surface area contributed by atoms with E-state index in [2.05, 4.69) is 4.74 Å². The molecule has 82 valence electrons. The van der Waals surface area contributed by atoms with Crippen LogP contribution in [-0.4, -0.2) is 37.3 Å². The van der Waals surface area contributed by atoms with Crippen LogP contribution in [0.1, 0.15) is 19.3 Å². The molecular formula is C8H13F2NO3. The average molecular weight is 209 g/mol. The molecule has 0 aromatic rings. The SMILES string of the molecule is O=C(COC(F)F)N1CCCCCO1. The van der Waals surface area contributed by atoms with Gasteiger partial charge in [0.25, 0.3) is 5.91 Å². The average Bonchev–Trinajstić information content (AvgIpc) is 2.42. The van der Waals surface area contributed by atoms with Crippen LogP contribution in [0.15, 0.2) is 0 Å². The molecule has 0 saturated carbocycles. The van der Waals surface area contributed by atoms with Crippen molar-refractivity contribution in [3.8, 4) is 0 Å². The molecule has 1 aliphatic rings. The van der Waals surface area contributed by atoms with Gasteiger partial charge in [0.2, 0.25) is 0 Å². The third-order valence-electron chi connectivity index (χ3n) is 1.86. The van der Waals surface area contributed by atoms with Gasteiger partial charge in [-0.25, -0.2) is 5.06 Å². The minimum atomic E-state index is -2.91. The number of alkyl halides is 2. The fraction of sp³-hybridized carbons (Fsp3) is 0.875. The standard InChI is InChI=1S/C8H13F2NO3/c9-8(10)13-6-7(12)11-4-2-1-3-5-14-11/h8H,1-6H2. The van der Waals surface area contributed by atoms with E-state index in [0.29, 0.717) is 13.2 Å². The second-order valence-corrected chi connectivity index (χ2v) is 2.96. The Balaban J connectivity index is 2.27.